The lowest BCUT2D eigenvalue weighted by Crippen LogP contribution is -2.57. The first-order valence-corrected chi connectivity index (χ1v) is 9.23. The van der Waals surface area contributed by atoms with E-state index in [1.165, 1.54) is 7.11 Å². The van der Waals surface area contributed by atoms with Crippen LogP contribution in [0.2, 0.25) is 0 Å². The first-order chi connectivity index (χ1) is 11.8. The monoisotopic (exact) mass is 370 g/mol. The van der Waals surface area contributed by atoms with Gasteiger partial charge in [0.1, 0.15) is 17.7 Å². The van der Waals surface area contributed by atoms with Crippen LogP contribution in [0.25, 0.3) is 0 Å². The number of hydrogen-bond donors (Lipinski definition) is 2. The number of nitrogens with one attached hydrogen (secondary N) is 2. The zero-order valence-electron chi connectivity index (χ0n) is 17.1. The molecule has 1 rings (SSSR count). The fourth-order valence-corrected chi connectivity index (χ4v) is 3.10. The first kappa shape index (κ1) is 22.3. The van der Waals surface area contributed by atoms with Crippen molar-refractivity contribution in [2.24, 2.45) is 11.3 Å². The second-order valence-corrected chi connectivity index (χ2v) is 9.00. The summed E-state index contributed by atoms with van der Waals surface area (Å²) in [5.74, 6) is -0.859. The summed E-state index contributed by atoms with van der Waals surface area (Å²) in [6.07, 6.45) is 3.11. The molecule has 1 fully saturated rings. The molecule has 0 aromatic carbocycles. The molecular formula is C19H34N2O5. The molecule has 7 nitrogen and oxygen atoms in total. The van der Waals surface area contributed by atoms with E-state index in [-0.39, 0.29) is 11.8 Å². The van der Waals surface area contributed by atoms with E-state index < -0.39 is 35.2 Å². The van der Waals surface area contributed by atoms with E-state index in [9.17, 15) is 14.4 Å². The van der Waals surface area contributed by atoms with Crippen molar-refractivity contribution in [3.8, 4) is 0 Å². The standard InChI is InChI=1S/C19H34N2O5/c1-18(2,3)14(16(23)25-7)21-15(22)13(12-10-8-9-11-12)20-17(24)26-19(4,5)6/h12-14H,8-11H2,1-7H3,(H,20,24)(H,21,22)/t13-,14-/m1/s1. The highest BCUT2D eigenvalue weighted by Crippen LogP contribution is 2.29. The van der Waals surface area contributed by atoms with Crippen molar-refractivity contribution in [2.45, 2.75) is 84.9 Å². The van der Waals surface area contributed by atoms with E-state index in [4.69, 9.17) is 9.47 Å². The highest BCUT2D eigenvalue weighted by molar-refractivity contribution is 5.90. The van der Waals surface area contributed by atoms with Crippen LogP contribution in [0.4, 0.5) is 4.79 Å². The number of ether oxygens (including phenoxy) is 2. The van der Waals surface area contributed by atoms with Crippen LogP contribution in [0.1, 0.15) is 67.2 Å². The maximum atomic E-state index is 12.9. The molecule has 0 aromatic heterocycles. The number of amides is 2. The molecule has 0 radical (unpaired) electrons. The van der Waals surface area contributed by atoms with E-state index in [0.29, 0.717) is 0 Å². The third-order valence-corrected chi connectivity index (χ3v) is 4.42. The Morgan fingerprint density at radius 1 is 0.962 bits per heavy atom. The van der Waals surface area contributed by atoms with Crippen molar-refractivity contribution in [2.75, 3.05) is 7.11 Å². The quantitative estimate of drug-likeness (QED) is 0.726. The summed E-state index contributed by atoms with van der Waals surface area (Å²) < 4.78 is 10.1. The van der Waals surface area contributed by atoms with Crippen LogP contribution in [0.3, 0.4) is 0 Å². The van der Waals surface area contributed by atoms with Gasteiger partial charge in [0.05, 0.1) is 7.11 Å². The number of hydrogen-bond acceptors (Lipinski definition) is 5. The van der Waals surface area contributed by atoms with Crippen molar-refractivity contribution in [1.82, 2.24) is 10.6 Å². The third-order valence-electron chi connectivity index (χ3n) is 4.42. The summed E-state index contributed by atoms with van der Waals surface area (Å²) in [5, 5.41) is 5.47. The van der Waals surface area contributed by atoms with Crippen molar-refractivity contribution >= 4 is 18.0 Å². The van der Waals surface area contributed by atoms with Crippen molar-refractivity contribution < 1.29 is 23.9 Å². The van der Waals surface area contributed by atoms with Gasteiger partial charge in [-0.2, -0.15) is 0 Å². The van der Waals surface area contributed by atoms with Gasteiger partial charge in [0.25, 0.3) is 0 Å². The molecule has 7 heteroatoms. The molecule has 0 bridgehead atoms. The van der Waals surface area contributed by atoms with Gasteiger partial charge in [-0.3, -0.25) is 4.79 Å². The summed E-state index contributed by atoms with van der Waals surface area (Å²) in [5.41, 5.74) is -1.17. The highest BCUT2D eigenvalue weighted by atomic mass is 16.6. The second-order valence-electron chi connectivity index (χ2n) is 9.00. The van der Waals surface area contributed by atoms with Gasteiger partial charge >= 0.3 is 12.1 Å². The van der Waals surface area contributed by atoms with Crippen LogP contribution in [0.15, 0.2) is 0 Å². The second kappa shape index (κ2) is 8.73. The average molecular weight is 370 g/mol. The Balaban J connectivity index is 2.93. The number of carbonyl (C=O) groups excluding carboxylic acids is 3. The Morgan fingerprint density at radius 3 is 1.92 bits per heavy atom. The maximum absolute atomic E-state index is 12.9. The highest BCUT2D eigenvalue weighted by Gasteiger charge is 2.39. The molecule has 150 valence electrons. The van der Waals surface area contributed by atoms with E-state index in [1.807, 2.05) is 20.8 Å². The Hall–Kier alpha value is -1.79. The van der Waals surface area contributed by atoms with Crippen molar-refractivity contribution in [3.05, 3.63) is 0 Å². The summed E-state index contributed by atoms with van der Waals surface area (Å²) in [7, 11) is 1.29. The van der Waals surface area contributed by atoms with Crippen LogP contribution in [0, 0.1) is 11.3 Å². The topological polar surface area (TPSA) is 93.7 Å². The smallest absolute Gasteiger partial charge is 0.408 e. The SMILES string of the molecule is COC(=O)[C@@H](NC(=O)[C@H](NC(=O)OC(C)(C)C)C1CCCC1)C(C)(C)C. The number of rotatable bonds is 5. The molecular weight excluding hydrogens is 336 g/mol. The molecule has 0 saturated heterocycles. The number of alkyl carbamates (subject to hydrolysis) is 1. The van der Waals surface area contributed by atoms with Crippen LogP contribution >= 0.6 is 0 Å². The van der Waals surface area contributed by atoms with Crippen LogP contribution in [0.5, 0.6) is 0 Å². The molecule has 0 heterocycles. The van der Waals surface area contributed by atoms with Gasteiger partial charge in [0.2, 0.25) is 5.91 Å². The molecule has 0 aromatic rings. The van der Waals surface area contributed by atoms with Crippen molar-refractivity contribution in [1.29, 1.82) is 0 Å². The van der Waals surface area contributed by atoms with Crippen LogP contribution < -0.4 is 10.6 Å². The molecule has 2 atom stereocenters. The average Bonchev–Trinajstić information content (AvgIpc) is 3.00. The molecule has 1 saturated carbocycles. The maximum Gasteiger partial charge on any atom is 0.408 e. The number of esters is 1. The number of methoxy groups -OCH3 is 1. The fourth-order valence-electron chi connectivity index (χ4n) is 3.10. The van der Waals surface area contributed by atoms with Gasteiger partial charge < -0.3 is 20.1 Å². The van der Waals surface area contributed by atoms with Gasteiger partial charge in [-0.05, 0) is 44.9 Å². The minimum absolute atomic E-state index is 0.0285. The number of carbonyl (C=O) groups is 3. The zero-order valence-corrected chi connectivity index (χ0v) is 17.1. The summed E-state index contributed by atoms with van der Waals surface area (Å²) >= 11 is 0. The molecule has 1 aliphatic carbocycles. The third kappa shape index (κ3) is 6.84. The lowest BCUT2D eigenvalue weighted by atomic mass is 9.86. The summed E-state index contributed by atoms with van der Waals surface area (Å²) in [4.78, 5) is 37.2. The molecule has 0 aliphatic heterocycles. The van der Waals surface area contributed by atoms with Gasteiger partial charge in [0.15, 0.2) is 0 Å². The molecule has 0 unspecified atom stereocenters. The van der Waals surface area contributed by atoms with Gasteiger partial charge in [-0.25, -0.2) is 9.59 Å². The molecule has 0 spiro atoms. The zero-order chi connectivity index (χ0) is 20.1. The van der Waals surface area contributed by atoms with E-state index in [1.54, 1.807) is 20.8 Å². The summed E-state index contributed by atoms with van der Waals surface area (Å²) in [6, 6.07) is -1.54. The fraction of sp³-hybridized carbons (Fsp3) is 0.842. The molecule has 26 heavy (non-hydrogen) atoms. The van der Waals surface area contributed by atoms with E-state index >= 15 is 0 Å². The Kier molecular flexibility index (Phi) is 7.47. The first-order valence-electron chi connectivity index (χ1n) is 9.23. The normalized spacial score (nSPS) is 18.0. The summed E-state index contributed by atoms with van der Waals surface area (Å²) in [6.45, 7) is 10.8. The molecule has 2 amide bonds. The van der Waals surface area contributed by atoms with Gasteiger partial charge in [-0.15, -0.1) is 0 Å². The Labute approximate surface area is 156 Å². The largest absolute Gasteiger partial charge is 0.467 e. The van der Waals surface area contributed by atoms with Crippen molar-refractivity contribution in [3.63, 3.8) is 0 Å². The lowest BCUT2D eigenvalue weighted by Gasteiger charge is -2.32. The Morgan fingerprint density at radius 2 is 1.50 bits per heavy atom. The van der Waals surface area contributed by atoms with Gasteiger partial charge in [0, 0.05) is 0 Å². The Bertz CT molecular complexity index is 513. The minimum atomic E-state index is -0.802. The van der Waals surface area contributed by atoms with Crippen LogP contribution in [-0.4, -0.2) is 42.8 Å². The predicted octanol–water partition coefficient (Wildman–Crippen LogP) is 2.77. The molecule has 2 N–H and O–H groups in total. The predicted molar refractivity (Wildman–Crippen MR) is 98.5 cm³/mol. The van der Waals surface area contributed by atoms with Gasteiger partial charge in [-0.1, -0.05) is 33.6 Å². The molecule has 1 aliphatic rings. The minimum Gasteiger partial charge on any atom is -0.467 e. The van der Waals surface area contributed by atoms with E-state index in [0.717, 1.165) is 25.7 Å². The van der Waals surface area contributed by atoms with Crippen LogP contribution in [-0.2, 0) is 19.1 Å². The lowest BCUT2D eigenvalue weighted by molar-refractivity contribution is -0.148. The van der Waals surface area contributed by atoms with E-state index in [2.05, 4.69) is 10.6 Å².